The molecule has 3 saturated heterocycles. The monoisotopic (exact) mass is 453 g/mol. The van der Waals surface area contributed by atoms with E-state index in [1.54, 1.807) is 4.90 Å². The topological polar surface area (TPSA) is 85.0 Å². The molecular formula is C25H35N5O3. The Labute approximate surface area is 195 Å². The molecule has 3 unspecified atom stereocenters. The van der Waals surface area contributed by atoms with Crippen LogP contribution in [-0.4, -0.2) is 77.2 Å². The lowest BCUT2D eigenvalue weighted by atomic mass is 9.82. The fourth-order valence-electron chi connectivity index (χ4n) is 6.08. The highest BCUT2D eigenvalue weighted by Gasteiger charge is 2.42. The molecule has 0 aliphatic carbocycles. The van der Waals surface area contributed by atoms with Crippen LogP contribution in [-0.2, 0) is 27.3 Å². The minimum absolute atomic E-state index is 0.0563. The molecule has 0 spiro atoms. The molecule has 0 radical (unpaired) electrons. The second-order valence-corrected chi connectivity index (χ2v) is 9.97. The molecular weight excluding hydrogens is 418 g/mol. The fourth-order valence-corrected chi connectivity index (χ4v) is 6.08. The molecule has 8 nitrogen and oxygen atoms in total. The Hall–Kier alpha value is -2.45. The van der Waals surface area contributed by atoms with Gasteiger partial charge in [-0.2, -0.15) is 0 Å². The van der Waals surface area contributed by atoms with Gasteiger partial charge in [-0.1, -0.05) is 24.3 Å². The van der Waals surface area contributed by atoms with E-state index in [1.165, 1.54) is 11.1 Å². The maximum atomic E-state index is 13.4. The average molecular weight is 454 g/mol. The summed E-state index contributed by atoms with van der Waals surface area (Å²) in [6.45, 7) is 6.03. The Morgan fingerprint density at radius 3 is 2.48 bits per heavy atom. The highest BCUT2D eigenvalue weighted by atomic mass is 16.2. The van der Waals surface area contributed by atoms with Crippen molar-refractivity contribution in [3.63, 3.8) is 0 Å². The smallest absolute Gasteiger partial charge is 0.245 e. The van der Waals surface area contributed by atoms with Gasteiger partial charge in [-0.25, -0.2) is 0 Å². The molecule has 3 fully saturated rings. The van der Waals surface area contributed by atoms with E-state index in [1.807, 2.05) is 22.8 Å². The SMILES string of the molecule is CC(C(=O)N1CCC(C2NNCC2C(=O)N2CCc3ccccc3C2)CC1)N1CCCC1=O. The zero-order chi connectivity index (χ0) is 22.9. The molecule has 4 aliphatic rings. The standard InChI is InChI=1S/C25H35N5O3/c1-17(30-11-4-7-22(30)31)24(32)28-12-9-19(10-13-28)23-21(15-26-27-23)25(33)29-14-8-18-5-2-3-6-20(18)16-29/h2-3,5-6,17,19,21,23,26-27H,4,7-16H2,1H3. The first-order valence-corrected chi connectivity index (χ1v) is 12.4. The van der Waals surface area contributed by atoms with E-state index in [2.05, 4.69) is 29.1 Å². The highest BCUT2D eigenvalue weighted by molar-refractivity contribution is 5.88. The van der Waals surface area contributed by atoms with Crippen LogP contribution < -0.4 is 10.9 Å². The summed E-state index contributed by atoms with van der Waals surface area (Å²) in [5.41, 5.74) is 9.21. The predicted molar refractivity (Wildman–Crippen MR) is 124 cm³/mol. The highest BCUT2D eigenvalue weighted by Crippen LogP contribution is 2.30. The fraction of sp³-hybridized carbons (Fsp3) is 0.640. The minimum atomic E-state index is -0.376. The van der Waals surface area contributed by atoms with Gasteiger partial charge in [0.25, 0.3) is 0 Å². The average Bonchev–Trinajstić information content (AvgIpc) is 3.51. The molecule has 0 saturated carbocycles. The van der Waals surface area contributed by atoms with Crippen LogP contribution in [0, 0.1) is 11.8 Å². The van der Waals surface area contributed by atoms with Crippen LogP contribution in [0.3, 0.4) is 0 Å². The molecule has 2 N–H and O–H groups in total. The Morgan fingerprint density at radius 1 is 1.00 bits per heavy atom. The lowest BCUT2D eigenvalue weighted by molar-refractivity contribution is -0.144. The molecule has 3 atom stereocenters. The molecule has 1 aromatic rings. The van der Waals surface area contributed by atoms with Crippen LogP contribution >= 0.6 is 0 Å². The first-order valence-electron chi connectivity index (χ1n) is 12.4. The van der Waals surface area contributed by atoms with Crippen molar-refractivity contribution in [2.45, 2.75) is 57.7 Å². The third-order valence-corrected chi connectivity index (χ3v) is 8.08. The van der Waals surface area contributed by atoms with E-state index >= 15 is 0 Å². The van der Waals surface area contributed by atoms with Crippen molar-refractivity contribution in [3.05, 3.63) is 35.4 Å². The predicted octanol–water partition coefficient (Wildman–Crippen LogP) is 0.913. The largest absolute Gasteiger partial charge is 0.341 e. The first kappa shape index (κ1) is 22.3. The van der Waals surface area contributed by atoms with Crippen LogP contribution in [0.5, 0.6) is 0 Å². The van der Waals surface area contributed by atoms with Crippen LogP contribution in [0.15, 0.2) is 24.3 Å². The van der Waals surface area contributed by atoms with Gasteiger partial charge in [0, 0.05) is 51.7 Å². The molecule has 33 heavy (non-hydrogen) atoms. The van der Waals surface area contributed by atoms with Gasteiger partial charge in [0.1, 0.15) is 6.04 Å². The van der Waals surface area contributed by atoms with Gasteiger partial charge in [0.2, 0.25) is 17.7 Å². The Balaban J connectivity index is 1.17. The molecule has 0 aromatic heterocycles. The van der Waals surface area contributed by atoms with Crippen molar-refractivity contribution in [2.75, 3.05) is 32.7 Å². The molecule has 0 bridgehead atoms. The Bertz CT molecular complexity index is 913. The molecule has 8 heteroatoms. The molecule has 1 aromatic carbocycles. The zero-order valence-corrected chi connectivity index (χ0v) is 19.5. The number of amides is 3. The number of carbonyl (C=O) groups is 3. The van der Waals surface area contributed by atoms with Crippen LogP contribution in [0.25, 0.3) is 0 Å². The third kappa shape index (κ3) is 4.38. The van der Waals surface area contributed by atoms with Crippen molar-refractivity contribution in [2.24, 2.45) is 11.8 Å². The molecule has 3 amide bonds. The molecule has 178 valence electrons. The van der Waals surface area contributed by atoms with Gasteiger partial charge in [-0.15, -0.1) is 0 Å². The Morgan fingerprint density at radius 2 is 1.76 bits per heavy atom. The maximum Gasteiger partial charge on any atom is 0.245 e. The van der Waals surface area contributed by atoms with Crippen molar-refractivity contribution in [1.29, 1.82) is 0 Å². The number of hydrogen-bond donors (Lipinski definition) is 2. The second kappa shape index (κ2) is 9.43. The molecule has 4 heterocycles. The van der Waals surface area contributed by atoms with E-state index in [-0.39, 0.29) is 35.7 Å². The number of nitrogens with one attached hydrogen (secondary N) is 2. The summed E-state index contributed by atoms with van der Waals surface area (Å²) >= 11 is 0. The van der Waals surface area contributed by atoms with Crippen molar-refractivity contribution in [3.8, 4) is 0 Å². The summed E-state index contributed by atoms with van der Waals surface area (Å²) < 4.78 is 0. The van der Waals surface area contributed by atoms with E-state index in [9.17, 15) is 14.4 Å². The van der Waals surface area contributed by atoms with Crippen molar-refractivity contribution in [1.82, 2.24) is 25.6 Å². The summed E-state index contributed by atoms with van der Waals surface area (Å²) in [5.74, 6) is 0.642. The van der Waals surface area contributed by atoms with E-state index in [4.69, 9.17) is 0 Å². The van der Waals surface area contributed by atoms with Gasteiger partial charge >= 0.3 is 0 Å². The zero-order valence-electron chi connectivity index (χ0n) is 19.5. The van der Waals surface area contributed by atoms with Crippen LogP contribution in [0.1, 0.15) is 43.7 Å². The minimum Gasteiger partial charge on any atom is -0.341 e. The number of benzene rings is 1. The summed E-state index contributed by atoms with van der Waals surface area (Å²) in [5, 5.41) is 0. The van der Waals surface area contributed by atoms with Crippen molar-refractivity contribution >= 4 is 17.7 Å². The van der Waals surface area contributed by atoms with Gasteiger partial charge in [0.15, 0.2) is 0 Å². The van der Waals surface area contributed by atoms with E-state index < -0.39 is 0 Å². The van der Waals surface area contributed by atoms with E-state index in [0.717, 1.165) is 32.2 Å². The number of hydrazine groups is 1. The van der Waals surface area contributed by atoms with Crippen LogP contribution in [0.4, 0.5) is 0 Å². The van der Waals surface area contributed by atoms with Crippen molar-refractivity contribution < 1.29 is 14.4 Å². The third-order valence-electron chi connectivity index (χ3n) is 8.08. The normalized spacial score (nSPS) is 27.1. The van der Waals surface area contributed by atoms with Crippen LogP contribution in [0.2, 0.25) is 0 Å². The first-order chi connectivity index (χ1) is 16.0. The van der Waals surface area contributed by atoms with E-state index in [0.29, 0.717) is 45.1 Å². The summed E-state index contributed by atoms with van der Waals surface area (Å²) in [6.07, 6.45) is 4.06. The summed E-state index contributed by atoms with van der Waals surface area (Å²) in [6, 6.07) is 8.11. The number of rotatable bonds is 4. The van der Waals surface area contributed by atoms with Gasteiger partial charge < -0.3 is 14.7 Å². The number of carbonyl (C=O) groups excluding carboxylic acids is 3. The van der Waals surface area contributed by atoms with Gasteiger partial charge in [-0.05, 0) is 49.7 Å². The van der Waals surface area contributed by atoms with Gasteiger partial charge in [-0.3, -0.25) is 25.2 Å². The number of likely N-dealkylation sites (tertiary alicyclic amines) is 2. The second-order valence-electron chi connectivity index (χ2n) is 9.97. The summed E-state index contributed by atoms with van der Waals surface area (Å²) in [7, 11) is 0. The van der Waals surface area contributed by atoms with Gasteiger partial charge in [0.05, 0.1) is 5.92 Å². The molecule has 5 rings (SSSR count). The quantitative estimate of drug-likeness (QED) is 0.708. The summed E-state index contributed by atoms with van der Waals surface area (Å²) in [4.78, 5) is 44.1. The number of piperidine rings is 1. The number of fused-ring (bicyclic) bond motifs is 1. The maximum absolute atomic E-state index is 13.4. The number of nitrogens with zero attached hydrogens (tertiary/aromatic N) is 3. The molecule has 4 aliphatic heterocycles. The lowest BCUT2D eigenvalue weighted by Gasteiger charge is -2.39. The lowest BCUT2D eigenvalue weighted by Crippen LogP contribution is -2.53. The Kier molecular flexibility index (Phi) is 6.38. The number of hydrogen-bond acceptors (Lipinski definition) is 5.